The fraction of sp³-hybridized carbons (Fsp3) is 0.0435. The van der Waals surface area contributed by atoms with Crippen molar-refractivity contribution < 1.29 is 9.52 Å². The van der Waals surface area contributed by atoms with Crippen molar-refractivity contribution in [3.8, 4) is 28.3 Å². The number of phenolic OH excluding ortho intramolecular Hbond substituents is 1. The van der Waals surface area contributed by atoms with Crippen LogP contribution in [-0.2, 0) is 0 Å². The van der Waals surface area contributed by atoms with E-state index in [-0.39, 0.29) is 5.75 Å². The lowest BCUT2D eigenvalue weighted by molar-refractivity contribution is 0.475. The molecular weight excluding hydrogens is 352 g/mol. The molecule has 136 valence electrons. The molecule has 5 heteroatoms. The number of nitrogens with zero attached hydrogens (tertiary/aromatic N) is 1. The van der Waals surface area contributed by atoms with Crippen molar-refractivity contribution in [2.45, 2.75) is 6.92 Å². The van der Waals surface area contributed by atoms with Crippen molar-refractivity contribution in [3.05, 3.63) is 82.8 Å². The number of rotatable bonds is 2. The molecule has 28 heavy (non-hydrogen) atoms. The molecule has 0 fully saturated rings. The summed E-state index contributed by atoms with van der Waals surface area (Å²) in [5.74, 6) is 0.672. The zero-order chi connectivity index (χ0) is 19.3. The number of nitrogens with one attached hydrogen (secondary N) is 1. The molecule has 0 saturated heterocycles. The van der Waals surface area contributed by atoms with Crippen LogP contribution >= 0.6 is 0 Å². The van der Waals surface area contributed by atoms with E-state index in [1.165, 1.54) is 0 Å². The summed E-state index contributed by atoms with van der Waals surface area (Å²) in [6.45, 7) is 1.98. The average Bonchev–Trinajstić information content (AvgIpc) is 3.09. The van der Waals surface area contributed by atoms with E-state index in [9.17, 15) is 9.90 Å². The largest absolute Gasteiger partial charge is 0.508 e. The molecule has 5 aromatic rings. The summed E-state index contributed by atoms with van der Waals surface area (Å²) in [6.07, 6.45) is 1.88. The first-order valence-electron chi connectivity index (χ1n) is 8.92. The van der Waals surface area contributed by atoms with Crippen LogP contribution in [0.25, 0.3) is 44.4 Å². The molecule has 0 saturated carbocycles. The van der Waals surface area contributed by atoms with Gasteiger partial charge in [0.05, 0.1) is 11.1 Å². The highest BCUT2D eigenvalue weighted by Gasteiger charge is 2.18. The maximum Gasteiger partial charge on any atom is 0.346 e. The minimum absolute atomic E-state index is 0.156. The van der Waals surface area contributed by atoms with Gasteiger partial charge in [-0.25, -0.2) is 9.78 Å². The molecule has 0 atom stereocenters. The van der Waals surface area contributed by atoms with Gasteiger partial charge in [0.25, 0.3) is 0 Å². The van der Waals surface area contributed by atoms with E-state index in [4.69, 9.17) is 9.40 Å². The standard InChI is InChI=1S/C23H16N2O3/c1-13-12-24-22-19(13)17-11-18(14-5-3-2-4-6-14)28-23(27)20(17)21(25-22)15-7-9-16(26)10-8-15/h2-12,26H,1H3,(H,24,25). The van der Waals surface area contributed by atoms with E-state index in [1.807, 2.05) is 49.5 Å². The number of aromatic hydroxyl groups is 1. The summed E-state index contributed by atoms with van der Waals surface area (Å²) in [5, 5.41) is 11.7. The minimum Gasteiger partial charge on any atom is -0.508 e. The molecule has 3 aromatic heterocycles. The Labute approximate surface area is 159 Å². The SMILES string of the molecule is Cc1c[nH]c2nc(-c3ccc(O)cc3)c3c(=O)oc(-c4ccccc4)cc3c12. The summed E-state index contributed by atoms with van der Waals surface area (Å²) < 4.78 is 5.67. The highest BCUT2D eigenvalue weighted by Crippen LogP contribution is 2.34. The Hall–Kier alpha value is -3.86. The van der Waals surface area contributed by atoms with Gasteiger partial charge >= 0.3 is 5.63 Å². The van der Waals surface area contributed by atoms with Crippen molar-refractivity contribution >= 4 is 21.8 Å². The Morgan fingerprint density at radius 2 is 1.71 bits per heavy atom. The Balaban J connectivity index is 1.92. The number of benzene rings is 2. The van der Waals surface area contributed by atoms with E-state index < -0.39 is 5.63 Å². The molecule has 0 radical (unpaired) electrons. The van der Waals surface area contributed by atoms with Crippen LogP contribution in [0.2, 0.25) is 0 Å². The van der Waals surface area contributed by atoms with Gasteiger partial charge < -0.3 is 14.5 Å². The van der Waals surface area contributed by atoms with Gasteiger partial charge in [-0.15, -0.1) is 0 Å². The second-order valence-corrected chi connectivity index (χ2v) is 6.76. The Morgan fingerprint density at radius 3 is 2.46 bits per heavy atom. The number of hydrogen-bond donors (Lipinski definition) is 2. The first-order chi connectivity index (χ1) is 13.6. The van der Waals surface area contributed by atoms with Crippen molar-refractivity contribution in [1.82, 2.24) is 9.97 Å². The quantitative estimate of drug-likeness (QED) is 0.459. The third-order valence-corrected chi connectivity index (χ3v) is 4.94. The van der Waals surface area contributed by atoms with Crippen LogP contribution in [0.5, 0.6) is 5.75 Å². The first-order valence-corrected chi connectivity index (χ1v) is 8.92. The molecule has 0 amide bonds. The summed E-state index contributed by atoms with van der Waals surface area (Å²) >= 11 is 0. The molecule has 0 unspecified atom stereocenters. The van der Waals surface area contributed by atoms with Gasteiger partial charge in [-0.05, 0) is 42.8 Å². The molecule has 0 aliphatic heterocycles. The van der Waals surface area contributed by atoms with E-state index in [1.54, 1.807) is 24.3 Å². The minimum atomic E-state index is -0.436. The second kappa shape index (κ2) is 6.09. The second-order valence-electron chi connectivity index (χ2n) is 6.76. The molecule has 5 nitrogen and oxygen atoms in total. The number of fused-ring (bicyclic) bond motifs is 3. The van der Waals surface area contributed by atoms with Crippen molar-refractivity contribution in [2.24, 2.45) is 0 Å². The Morgan fingerprint density at radius 1 is 0.964 bits per heavy atom. The summed E-state index contributed by atoms with van der Waals surface area (Å²) in [6, 6.07) is 18.1. The van der Waals surface area contributed by atoms with Crippen LogP contribution in [0.15, 0.2) is 76.1 Å². The lowest BCUT2D eigenvalue weighted by Gasteiger charge is -2.09. The van der Waals surface area contributed by atoms with Gasteiger partial charge in [0.1, 0.15) is 17.2 Å². The third kappa shape index (κ3) is 2.48. The van der Waals surface area contributed by atoms with E-state index >= 15 is 0 Å². The number of aromatic amines is 1. The van der Waals surface area contributed by atoms with Crippen molar-refractivity contribution in [3.63, 3.8) is 0 Å². The maximum absolute atomic E-state index is 13.0. The van der Waals surface area contributed by atoms with Gasteiger partial charge in [0.15, 0.2) is 0 Å². The Kier molecular flexibility index (Phi) is 3.55. The fourth-order valence-electron chi connectivity index (χ4n) is 3.59. The monoisotopic (exact) mass is 368 g/mol. The molecule has 5 rings (SSSR count). The molecule has 0 aliphatic rings. The molecule has 0 bridgehead atoms. The van der Waals surface area contributed by atoms with Crippen LogP contribution in [0.4, 0.5) is 0 Å². The topological polar surface area (TPSA) is 79.1 Å². The fourth-order valence-corrected chi connectivity index (χ4v) is 3.59. The van der Waals surface area contributed by atoms with Crippen molar-refractivity contribution in [1.29, 1.82) is 0 Å². The number of hydrogen-bond acceptors (Lipinski definition) is 4. The zero-order valence-corrected chi connectivity index (χ0v) is 15.1. The van der Waals surface area contributed by atoms with Gasteiger partial charge in [-0.3, -0.25) is 0 Å². The number of aromatic nitrogens is 2. The highest BCUT2D eigenvalue weighted by atomic mass is 16.4. The summed E-state index contributed by atoms with van der Waals surface area (Å²) in [7, 11) is 0. The number of aryl methyl sites for hydroxylation is 1. The zero-order valence-electron chi connectivity index (χ0n) is 15.1. The Bertz CT molecular complexity index is 1380. The number of pyridine rings is 1. The van der Waals surface area contributed by atoms with Gasteiger partial charge in [0.2, 0.25) is 0 Å². The third-order valence-electron chi connectivity index (χ3n) is 4.94. The number of phenols is 1. The predicted octanol–water partition coefficient (Wildman–Crippen LogP) is 5.02. The van der Waals surface area contributed by atoms with Crippen LogP contribution in [-0.4, -0.2) is 15.1 Å². The lowest BCUT2D eigenvalue weighted by Crippen LogP contribution is -2.04. The molecule has 0 aliphatic carbocycles. The van der Waals surface area contributed by atoms with E-state index in [0.29, 0.717) is 22.5 Å². The highest BCUT2D eigenvalue weighted by molar-refractivity contribution is 6.11. The maximum atomic E-state index is 13.0. The van der Waals surface area contributed by atoms with Gasteiger partial charge in [0, 0.05) is 28.1 Å². The summed E-state index contributed by atoms with van der Waals surface area (Å²) in [5.41, 5.74) is 3.38. The molecule has 0 spiro atoms. The van der Waals surface area contributed by atoms with Crippen molar-refractivity contribution in [2.75, 3.05) is 0 Å². The van der Waals surface area contributed by atoms with Gasteiger partial charge in [-0.1, -0.05) is 30.3 Å². The normalized spacial score (nSPS) is 11.3. The van der Waals surface area contributed by atoms with Crippen LogP contribution in [0.1, 0.15) is 5.56 Å². The van der Waals surface area contributed by atoms with E-state index in [2.05, 4.69) is 4.98 Å². The molecule has 3 heterocycles. The molecular formula is C23H16N2O3. The van der Waals surface area contributed by atoms with Crippen LogP contribution in [0.3, 0.4) is 0 Å². The van der Waals surface area contributed by atoms with Crippen LogP contribution in [0, 0.1) is 6.92 Å². The average molecular weight is 368 g/mol. The molecule has 2 aromatic carbocycles. The van der Waals surface area contributed by atoms with E-state index in [0.717, 1.165) is 27.5 Å². The molecule has 2 N–H and O–H groups in total. The summed E-state index contributed by atoms with van der Waals surface area (Å²) in [4.78, 5) is 20.9. The van der Waals surface area contributed by atoms with Gasteiger partial charge in [-0.2, -0.15) is 0 Å². The smallest absolute Gasteiger partial charge is 0.346 e. The predicted molar refractivity (Wildman–Crippen MR) is 109 cm³/mol. The first kappa shape index (κ1) is 16.3. The van der Waals surface area contributed by atoms with Crippen LogP contribution < -0.4 is 5.63 Å². The number of H-pyrrole nitrogens is 1. The lowest BCUT2D eigenvalue weighted by atomic mass is 10.0.